The van der Waals surface area contributed by atoms with Gasteiger partial charge in [0.1, 0.15) is 5.75 Å². The van der Waals surface area contributed by atoms with E-state index in [-0.39, 0.29) is 13.0 Å². The van der Waals surface area contributed by atoms with Crippen LogP contribution >= 0.6 is 0 Å². The van der Waals surface area contributed by atoms with Crippen molar-refractivity contribution in [3.8, 4) is 17.0 Å². The summed E-state index contributed by atoms with van der Waals surface area (Å²) >= 11 is 0. The molecule has 0 radical (unpaired) electrons. The van der Waals surface area contributed by atoms with Crippen LogP contribution < -0.4 is 4.74 Å². The van der Waals surface area contributed by atoms with Gasteiger partial charge in [0.25, 0.3) is 0 Å². The maximum Gasteiger partial charge on any atom is 0.306 e. The lowest BCUT2D eigenvalue weighted by Gasteiger charge is -2.08. The van der Waals surface area contributed by atoms with Gasteiger partial charge in [0.15, 0.2) is 0 Å². The van der Waals surface area contributed by atoms with Crippen molar-refractivity contribution in [2.24, 2.45) is 0 Å². The number of hydrogen-bond donors (Lipinski definition) is 1. The summed E-state index contributed by atoms with van der Waals surface area (Å²) in [7, 11) is 0. The first-order chi connectivity index (χ1) is 9.20. The van der Waals surface area contributed by atoms with Crippen LogP contribution in [0.3, 0.4) is 0 Å². The van der Waals surface area contributed by atoms with Crippen LogP contribution in [-0.4, -0.2) is 27.5 Å². The molecule has 0 atom stereocenters. The fourth-order valence-corrected chi connectivity index (χ4v) is 1.83. The molecule has 0 saturated carbocycles. The third-order valence-corrected chi connectivity index (χ3v) is 2.73. The molecule has 1 heterocycles. The molecule has 2 rings (SSSR count). The molecular weight excluding hydrogens is 244 g/mol. The van der Waals surface area contributed by atoms with Crippen molar-refractivity contribution in [3.05, 3.63) is 36.5 Å². The maximum absolute atomic E-state index is 10.4. The fourth-order valence-electron chi connectivity index (χ4n) is 1.83. The molecule has 0 unspecified atom stereocenters. The van der Waals surface area contributed by atoms with Gasteiger partial charge in [-0.3, -0.25) is 9.48 Å². The SMILES string of the molecule is CCn1nccc1-c1cccc(OCCC(=O)O)c1. The third-order valence-electron chi connectivity index (χ3n) is 2.73. The molecule has 0 saturated heterocycles. The molecule has 5 heteroatoms. The van der Waals surface area contributed by atoms with Crippen LogP contribution in [-0.2, 0) is 11.3 Å². The first-order valence-electron chi connectivity index (χ1n) is 6.17. The monoisotopic (exact) mass is 260 g/mol. The number of carboxylic acids is 1. The molecule has 0 spiro atoms. The van der Waals surface area contributed by atoms with Crippen LogP contribution in [0.2, 0.25) is 0 Å². The number of aromatic nitrogens is 2. The molecule has 2 aromatic rings. The summed E-state index contributed by atoms with van der Waals surface area (Å²) in [5.41, 5.74) is 2.03. The minimum atomic E-state index is -0.861. The molecule has 5 nitrogen and oxygen atoms in total. The average Bonchev–Trinajstić information content (AvgIpc) is 2.87. The maximum atomic E-state index is 10.4. The lowest BCUT2D eigenvalue weighted by molar-refractivity contribution is -0.137. The van der Waals surface area contributed by atoms with Crippen molar-refractivity contribution in [2.75, 3.05) is 6.61 Å². The molecule has 1 aromatic carbocycles. The van der Waals surface area contributed by atoms with Crippen molar-refractivity contribution in [1.29, 1.82) is 0 Å². The van der Waals surface area contributed by atoms with Crippen molar-refractivity contribution >= 4 is 5.97 Å². The van der Waals surface area contributed by atoms with E-state index in [1.807, 2.05) is 41.9 Å². The van der Waals surface area contributed by atoms with Gasteiger partial charge in [-0.1, -0.05) is 12.1 Å². The lowest BCUT2D eigenvalue weighted by atomic mass is 10.1. The fraction of sp³-hybridized carbons (Fsp3) is 0.286. The Labute approximate surface area is 111 Å². The zero-order valence-corrected chi connectivity index (χ0v) is 10.7. The van der Waals surface area contributed by atoms with E-state index < -0.39 is 5.97 Å². The van der Waals surface area contributed by atoms with E-state index in [0.717, 1.165) is 17.8 Å². The standard InChI is InChI=1S/C14H16N2O3/c1-2-16-13(6-8-15-16)11-4-3-5-12(10-11)19-9-7-14(17)18/h3-6,8,10H,2,7,9H2,1H3,(H,17,18). The van der Waals surface area contributed by atoms with Gasteiger partial charge in [-0.2, -0.15) is 5.10 Å². The van der Waals surface area contributed by atoms with Gasteiger partial charge < -0.3 is 9.84 Å². The number of ether oxygens (including phenoxy) is 1. The molecule has 0 aliphatic heterocycles. The Morgan fingerprint density at radius 3 is 3.00 bits per heavy atom. The minimum absolute atomic E-state index is 0.00286. The van der Waals surface area contributed by atoms with E-state index >= 15 is 0 Å². The van der Waals surface area contributed by atoms with Gasteiger partial charge in [-0.25, -0.2) is 0 Å². The van der Waals surface area contributed by atoms with Crippen LogP contribution in [0.5, 0.6) is 5.75 Å². The highest BCUT2D eigenvalue weighted by atomic mass is 16.5. The van der Waals surface area contributed by atoms with Crippen molar-refractivity contribution in [2.45, 2.75) is 19.9 Å². The van der Waals surface area contributed by atoms with Crippen molar-refractivity contribution in [3.63, 3.8) is 0 Å². The van der Waals surface area contributed by atoms with Gasteiger partial charge in [-0.15, -0.1) is 0 Å². The Kier molecular flexibility index (Phi) is 4.18. The quantitative estimate of drug-likeness (QED) is 0.866. The number of nitrogens with zero attached hydrogens (tertiary/aromatic N) is 2. The molecule has 0 fully saturated rings. The summed E-state index contributed by atoms with van der Waals surface area (Å²) < 4.78 is 7.32. The molecule has 0 amide bonds. The van der Waals surface area contributed by atoms with Gasteiger partial charge in [0, 0.05) is 18.3 Å². The zero-order valence-electron chi connectivity index (χ0n) is 10.7. The molecule has 1 aromatic heterocycles. The summed E-state index contributed by atoms with van der Waals surface area (Å²) in [6, 6.07) is 9.52. The summed E-state index contributed by atoms with van der Waals surface area (Å²) in [6.45, 7) is 3.00. The van der Waals surface area contributed by atoms with Crippen LogP contribution in [0.1, 0.15) is 13.3 Å². The topological polar surface area (TPSA) is 64.4 Å². The van der Waals surface area contributed by atoms with Gasteiger partial charge in [0.05, 0.1) is 18.7 Å². The Bertz CT molecular complexity index is 563. The van der Waals surface area contributed by atoms with Gasteiger partial charge in [-0.05, 0) is 25.1 Å². The number of carboxylic acid groups (broad SMARTS) is 1. The summed E-state index contributed by atoms with van der Waals surface area (Å²) in [5, 5.41) is 12.8. The average molecular weight is 260 g/mol. The molecule has 0 aliphatic carbocycles. The van der Waals surface area contributed by atoms with Crippen LogP contribution in [0, 0.1) is 0 Å². The van der Waals surface area contributed by atoms with E-state index in [2.05, 4.69) is 5.10 Å². The second kappa shape index (κ2) is 6.04. The molecule has 0 bridgehead atoms. The molecule has 19 heavy (non-hydrogen) atoms. The smallest absolute Gasteiger partial charge is 0.306 e. The molecule has 1 N–H and O–H groups in total. The Balaban J connectivity index is 2.13. The van der Waals surface area contributed by atoms with E-state index in [1.165, 1.54) is 0 Å². The molecule has 100 valence electrons. The zero-order chi connectivity index (χ0) is 13.7. The molecule has 0 aliphatic rings. The number of benzene rings is 1. The predicted molar refractivity (Wildman–Crippen MR) is 71.1 cm³/mol. The molecular formula is C14H16N2O3. The third kappa shape index (κ3) is 3.34. The summed E-state index contributed by atoms with van der Waals surface area (Å²) in [5.74, 6) is -0.192. The Morgan fingerprint density at radius 2 is 2.26 bits per heavy atom. The number of carbonyl (C=O) groups is 1. The van der Waals surface area contributed by atoms with Crippen molar-refractivity contribution < 1.29 is 14.6 Å². The lowest BCUT2D eigenvalue weighted by Crippen LogP contribution is -2.05. The largest absolute Gasteiger partial charge is 0.493 e. The highest BCUT2D eigenvalue weighted by Crippen LogP contribution is 2.23. The minimum Gasteiger partial charge on any atom is -0.493 e. The highest BCUT2D eigenvalue weighted by Gasteiger charge is 2.05. The summed E-state index contributed by atoms with van der Waals surface area (Å²) in [4.78, 5) is 10.4. The van der Waals surface area contributed by atoms with E-state index in [4.69, 9.17) is 9.84 Å². The van der Waals surface area contributed by atoms with Gasteiger partial charge >= 0.3 is 5.97 Å². The number of aliphatic carboxylic acids is 1. The van der Waals surface area contributed by atoms with E-state index in [1.54, 1.807) is 6.20 Å². The first kappa shape index (κ1) is 13.1. The number of hydrogen-bond acceptors (Lipinski definition) is 3. The Morgan fingerprint density at radius 1 is 1.42 bits per heavy atom. The Hall–Kier alpha value is -2.30. The van der Waals surface area contributed by atoms with Crippen LogP contribution in [0.25, 0.3) is 11.3 Å². The second-order valence-corrected chi connectivity index (χ2v) is 4.05. The van der Waals surface area contributed by atoms with Gasteiger partial charge in [0.2, 0.25) is 0 Å². The second-order valence-electron chi connectivity index (χ2n) is 4.05. The summed E-state index contributed by atoms with van der Waals surface area (Å²) in [6.07, 6.45) is 1.76. The normalized spacial score (nSPS) is 10.4. The number of aryl methyl sites for hydroxylation is 1. The highest BCUT2D eigenvalue weighted by molar-refractivity contribution is 5.66. The predicted octanol–water partition coefficient (Wildman–Crippen LogP) is 2.42. The number of rotatable bonds is 6. The van der Waals surface area contributed by atoms with E-state index in [0.29, 0.717) is 5.75 Å². The van der Waals surface area contributed by atoms with Crippen LogP contribution in [0.4, 0.5) is 0 Å². The van der Waals surface area contributed by atoms with E-state index in [9.17, 15) is 4.79 Å². The van der Waals surface area contributed by atoms with Crippen molar-refractivity contribution in [1.82, 2.24) is 9.78 Å². The first-order valence-corrected chi connectivity index (χ1v) is 6.17. The van der Waals surface area contributed by atoms with Crippen LogP contribution in [0.15, 0.2) is 36.5 Å².